The van der Waals surface area contributed by atoms with Gasteiger partial charge < -0.3 is 9.80 Å². The van der Waals surface area contributed by atoms with Gasteiger partial charge in [0.1, 0.15) is 0 Å². The Labute approximate surface area is 116 Å². The van der Waals surface area contributed by atoms with E-state index in [0.717, 1.165) is 19.3 Å². The minimum absolute atomic E-state index is 0.0643. The SMILES string of the molecule is CCN(CC)C(=O)N(C)C1CCCCC1S(C)(=O)=O. The van der Waals surface area contributed by atoms with Gasteiger partial charge in [-0.3, -0.25) is 0 Å². The molecular weight excluding hydrogens is 264 g/mol. The molecule has 0 N–H and O–H groups in total. The zero-order chi connectivity index (χ0) is 14.6. The fourth-order valence-electron chi connectivity index (χ4n) is 2.88. The topological polar surface area (TPSA) is 57.7 Å². The Bertz CT molecular complexity index is 404. The van der Waals surface area contributed by atoms with Crippen molar-refractivity contribution in [1.29, 1.82) is 0 Å². The number of hydrogen-bond donors (Lipinski definition) is 0. The van der Waals surface area contributed by atoms with Crippen LogP contribution in [0.4, 0.5) is 4.79 Å². The van der Waals surface area contributed by atoms with Gasteiger partial charge >= 0.3 is 6.03 Å². The van der Waals surface area contributed by atoms with Crippen LogP contribution in [0.15, 0.2) is 0 Å². The molecule has 0 aliphatic heterocycles. The molecule has 112 valence electrons. The van der Waals surface area contributed by atoms with E-state index in [0.29, 0.717) is 19.5 Å². The number of urea groups is 1. The van der Waals surface area contributed by atoms with E-state index in [4.69, 9.17) is 0 Å². The van der Waals surface area contributed by atoms with E-state index in [1.54, 1.807) is 16.8 Å². The molecule has 0 heterocycles. The molecule has 0 radical (unpaired) electrons. The van der Waals surface area contributed by atoms with E-state index in [2.05, 4.69) is 0 Å². The summed E-state index contributed by atoms with van der Waals surface area (Å²) in [4.78, 5) is 15.7. The molecule has 0 spiro atoms. The van der Waals surface area contributed by atoms with Gasteiger partial charge in [-0.1, -0.05) is 12.8 Å². The molecule has 19 heavy (non-hydrogen) atoms. The summed E-state index contributed by atoms with van der Waals surface area (Å²) in [5.74, 6) is 0. The van der Waals surface area contributed by atoms with E-state index in [9.17, 15) is 13.2 Å². The number of amides is 2. The van der Waals surface area contributed by atoms with Crippen LogP contribution in [0.2, 0.25) is 0 Å². The number of hydrogen-bond acceptors (Lipinski definition) is 3. The lowest BCUT2D eigenvalue weighted by molar-refractivity contribution is 0.139. The van der Waals surface area contributed by atoms with Crippen LogP contribution in [0.1, 0.15) is 39.5 Å². The summed E-state index contributed by atoms with van der Waals surface area (Å²) in [6.07, 6.45) is 4.65. The van der Waals surface area contributed by atoms with Gasteiger partial charge in [0.25, 0.3) is 0 Å². The van der Waals surface area contributed by atoms with Crippen molar-refractivity contribution < 1.29 is 13.2 Å². The second kappa shape index (κ2) is 6.59. The third-order valence-electron chi connectivity index (χ3n) is 4.05. The van der Waals surface area contributed by atoms with Crippen molar-refractivity contribution in [3.05, 3.63) is 0 Å². The maximum atomic E-state index is 12.3. The zero-order valence-corrected chi connectivity index (χ0v) is 13.2. The van der Waals surface area contributed by atoms with Gasteiger partial charge in [-0.15, -0.1) is 0 Å². The van der Waals surface area contributed by atoms with E-state index < -0.39 is 15.1 Å². The molecule has 0 bridgehead atoms. The molecule has 0 aromatic carbocycles. The van der Waals surface area contributed by atoms with Crippen molar-refractivity contribution in [3.8, 4) is 0 Å². The highest BCUT2D eigenvalue weighted by Gasteiger charge is 2.37. The number of sulfone groups is 1. The zero-order valence-electron chi connectivity index (χ0n) is 12.4. The minimum atomic E-state index is -3.11. The first kappa shape index (κ1) is 16.3. The Kier molecular flexibility index (Phi) is 5.64. The van der Waals surface area contributed by atoms with E-state index in [1.165, 1.54) is 6.26 Å². The van der Waals surface area contributed by atoms with Gasteiger partial charge in [0.2, 0.25) is 0 Å². The van der Waals surface area contributed by atoms with Gasteiger partial charge in [-0.05, 0) is 26.7 Å². The standard InChI is InChI=1S/C13H26N2O3S/c1-5-15(6-2)13(16)14(3)11-9-7-8-10-12(11)19(4,17)18/h11-12H,5-10H2,1-4H3. The third kappa shape index (κ3) is 3.84. The molecule has 5 nitrogen and oxygen atoms in total. The predicted molar refractivity (Wildman–Crippen MR) is 77.0 cm³/mol. The minimum Gasteiger partial charge on any atom is -0.325 e. The molecule has 0 aromatic rings. The summed E-state index contributed by atoms with van der Waals surface area (Å²) >= 11 is 0. The fourth-order valence-corrected chi connectivity index (χ4v) is 4.36. The highest BCUT2D eigenvalue weighted by atomic mass is 32.2. The Balaban J connectivity index is 2.89. The fraction of sp³-hybridized carbons (Fsp3) is 0.923. The highest BCUT2D eigenvalue weighted by molar-refractivity contribution is 7.91. The van der Waals surface area contributed by atoms with Gasteiger partial charge in [0.05, 0.1) is 5.25 Å². The Morgan fingerprint density at radius 3 is 2.16 bits per heavy atom. The smallest absolute Gasteiger partial charge is 0.320 e. The van der Waals surface area contributed by atoms with Crippen molar-refractivity contribution in [2.45, 2.75) is 50.8 Å². The highest BCUT2D eigenvalue weighted by Crippen LogP contribution is 2.27. The van der Waals surface area contributed by atoms with Crippen molar-refractivity contribution >= 4 is 15.9 Å². The van der Waals surface area contributed by atoms with Crippen molar-refractivity contribution in [1.82, 2.24) is 9.80 Å². The molecule has 2 amide bonds. The van der Waals surface area contributed by atoms with Crippen LogP contribution >= 0.6 is 0 Å². The summed E-state index contributed by atoms with van der Waals surface area (Å²) in [6.45, 7) is 5.17. The lowest BCUT2D eigenvalue weighted by atomic mass is 9.94. The summed E-state index contributed by atoms with van der Waals surface area (Å²) in [6, 6.07) is -0.248. The van der Waals surface area contributed by atoms with Crippen molar-refractivity contribution in [2.75, 3.05) is 26.4 Å². The molecule has 2 unspecified atom stereocenters. The molecule has 1 aliphatic rings. The molecule has 2 atom stereocenters. The number of carbonyl (C=O) groups is 1. The van der Waals surface area contributed by atoms with Crippen LogP contribution < -0.4 is 0 Å². The van der Waals surface area contributed by atoms with E-state index >= 15 is 0 Å². The number of rotatable bonds is 4. The summed E-state index contributed by atoms with van der Waals surface area (Å²) in [5, 5.41) is -0.411. The van der Waals surface area contributed by atoms with Crippen LogP contribution in [-0.2, 0) is 9.84 Å². The van der Waals surface area contributed by atoms with Crippen LogP contribution in [0, 0.1) is 0 Å². The van der Waals surface area contributed by atoms with Crippen LogP contribution in [0.25, 0.3) is 0 Å². The normalized spacial score (nSPS) is 24.0. The third-order valence-corrected chi connectivity index (χ3v) is 5.70. The van der Waals surface area contributed by atoms with Gasteiger partial charge in [-0.25, -0.2) is 13.2 Å². The number of nitrogens with zero attached hydrogens (tertiary/aromatic N) is 2. The molecule has 0 saturated heterocycles. The number of carbonyl (C=O) groups excluding carboxylic acids is 1. The van der Waals surface area contributed by atoms with Crippen molar-refractivity contribution in [3.63, 3.8) is 0 Å². The Morgan fingerprint density at radius 1 is 1.16 bits per heavy atom. The first-order chi connectivity index (χ1) is 8.82. The van der Waals surface area contributed by atoms with E-state index in [1.807, 2.05) is 13.8 Å². The average molecular weight is 290 g/mol. The molecule has 6 heteroatoms. The maximum Gasteiger partial charge on any atom is 0.320 e. The quantitative estimate of drug-likeness (QED) is 0.792. The first-order valence-electron chi connectivity index (χ1n) is 7.03. The largest absolute Gasteiger partial charge is 0.325 e. The second-order valence-corrected chi connectivity index (χ2v) is 7.55. The molecule has 1 saturated carbocycles. The molecule has 0 aromatic heterocycles. The molecule has 1 aliphatic carbocycles. The predicted octanol–water partition coefficient (Wildman–Crippen LogP) is 1.74. The average Bonchev–Trinajstić information content (AvgIpc) is 2.38. The van der Waals surface area contributed by atoms with Crippen LogP contribution in [0.5, 0.6) is 0 Å². The van der Waals surface area contributed by atoms with Gasteiger partial charge in [-0.2, -0.15) is 0 Å². The van der Waals surface area contributed by atoms with Crippen LogP contribution in [-0.4, -0.2) is 61.9 Å². The second-order valence-electron chi connectivity index (χ2n) is 5.29. The summed E-state index contributed by atoms with van der Waals surface area (Å²) in [7, 11) is -1.37. The maximum absolute atomic E-state index is 12.3. The lowest BCUT2D eigenvalue weighted by Crippen LogP contribution is -2.53. The lowest BCUT2D eigenvalue weighted by Gasteiger charge is -2.39. The molecular formula is C13H26N2O3S. The first-order valence-corrected chi connectivity index (χ1v) is 8.99. The van der Waals surface area contributed by atoms with E-state index in [-0.39, 0.29) is 12.1 Å². The summed E-state index contributed by atoms with van der Waals surface area (Å²) < 4.78 is 23.8. The summed E-state index contributed by atoms with van der Waals surface area (Å²) in [5.41, 5.74) is 0. The van der Waals surface area contributed by atoms with Crippen molar-refractivity contribution in [2.24, 2.45) is 0 Å². The molecule has 1 fully saturated rings. The van der Waals surface area contributed by atoms with Gasteiger partial charge in [0, 0.05) is 32.4 Å². The monoisotopic (exact) mass is 290 g/mol. The van der Waals surface area contributed by atoms with Crippen LogP contribution in [0.3, 0.4) is 0 Å². The molecule has 1 rings (SSSR count). The van der Waals surface area contributed by atoms with Gasteiger partial charge in [0.15, 0.2) is 9.84 Å². The Morgan fingerprint density at radius 2 is 1.68 bits per heavy atom. The Hall–Kier alpha value is -0.780.